The van der Waals surface area contributed by atoms with Crippen LogP contribution in [0.4, 0.5) is 0 Å². The maximum atomic E-state index is 12.4. The monoisotopic (exact) mass is 375 g/mol. The van der Waals surface area contributed by atoms with Gasteiger partial charge in [0, 0.05) is 16.6 Å². The lowest BCUT2D eigenvalue weighted by Crippen LogP contribution is -2.09. The summed E-state index contributed by atoms with van der Waals surface area (Å²) < 4.78 is 15.3. The van der Waals surface area contributed by atoms with Gasteiger partial charge in [-0.1, -0.05) is 5.16 Å². The molecule has 0 aliphatic heterocycles. The fourth-order valence-electron chi connectivity index (χ4n) is 2.49. The molecule has 8 nitrogen and oxygen atoms in total. The van der Waals surface area contributed by atoms with Gasteiger partial charge in [0.25, 0.3) is 5.89 Å². The van der Waals surface area contributed by atoms with E-state index in [0.29, 0.717) is 22.6 Å². The van der Waals surface area contributed by atoms with Crippen LogP contribution in [0.1, 0.15) is 44.9 Å². The lowest BCUT2D eigenvalue weighted by Gasteiger charge is -2.03. The topological polar surface area (TPSA) is 107 Å². The summed E-state index contributed by atoms with van der Waals surface area (Å²) in [5.41, 5.74) is 2.39. The Bertz CT molecular complexity index is 927. The van der Waals surface area contributed by atoms with Crippen molar-refractivity contribution in [3.63, 3.8) is 0 Å². The Morgan fingerprint density at radius 2 is 2.08 bits per heavy atom. The fraction of sp³-hybridized carbons (Fsp3) is 0.294. The first-order valence-corrected chi connectivity index (χ1v) is 8.84. The second-order valence-corrected chi connectivity index (χ2v) is 6.23. The normalized spacial score (nSPS) is 10.7. The van der Waals surface area contributed by atoms with E-state index in [1.165, 1.54) is 11.3 Å². The number of rotatable bonds is 6. The SMILES string of the molecule is CCOC(=O)c1[nH]c(C)c(C(=O)OCc2nc(-c3ccsc3)no2)c1C. The van der Waals surface area contributed by atoms with E-state index < -0.39 is 11.9 Å². The number of ether oxygens (including phenoxy) is 2. The van der Waals surface area contributed by atoms with E-state index in [1.54, 1.807) is 20.8 Å². The van der Waals surface area contributed by atoms with Gasteiger partial charge in [-0.05, 0) is 37.8 Å². The highest BCUT2D eigenvalue weighted by atomic mass is 32.1. The van der Waals surface area contributed by atoms with Crippen LogP contribution in [-0.4, -0.2) is 33.7 Å². The number of thiophene rings is 1. The largest absolute Gasteiger partial charge is 0.461 e. The first-order chi connectivity index (χ1) is 12.5. The molecule has 0 unspecified atom stereocenters. The van der Waals surface area contributed by atoms with Crippen molar-refractivity contribution in [1.82, 2.24) is 15.1 Å². The van der Waals surface area contributed by atoms with E-state index in [4.69, 9.17) is 14.0 Å². The molecule has 3 aromatic rings. The Balaban J connectivity index is 1.70. The predicted octanol–water partition coefficient (Wildman–Crippen LogP) is 3.28. The minimum Gasteiger partial charge on any atom is -0.461 e. The first-order valence-electron chi connectivity index (χ1n) is 7.89. The fourth-order valence-corrected chi connectivity index (χ4v) is 3.12. The molecule has 0 fully saturated rings. The average molecular weight is 375 g/mol. The van der Waals surface area contributed by atoms with Crippen molar-refractivity contribution in [2.75, 3.05) is 6.61 Å². The molecule has 0 saturated heterocycles. The zero-order chi connectivity index (χ0) is 18.7. The van der Waals surface area contributed by atoms with Crippen molar-refractivity contribution >= 4 is 23.3 Å². The maximum Gasteiger partial charge on any atom is 0.355 e. The van der Waals surface area contributed by atoms with Crippen LogP contribution in [0, 0.1) is 13.8 Å². The molecule has 3 rings (SSSR count). The van der Waals surface area contributed by atoms with Crippen LogP contribution >= 0.6 is 11.3 Å². The number of carbonyl (C=O) groups excluding carboxylic acids is 2. The van der Waals surface area contributed by atoms with Crippen molar-refractivity contribution < 1.29 is 23.6 Å². The van der Waals surface area contributed by atoms with Crippen molar-refractivity contribution in [3.05, 3.63) is 45.2 Å². The standard InChI is InChI=1S/C17H17N3O5S/c1-4-23-17(22)14-9(2)13(10(3)18-14)16(21)24-7-12-19-15(20-25-12)11-5-6-26-8-11/h5-6,8,18H,4,7H2,1-3H3. The molecule has 136 valence electrons. The minimum absolute atomic E-state index is 0.158. The number of nitrogens with one attached hydrogen (secondary N) is 1. The number of aryl methyl sites for hydroxylation is 1. The number of hydrogen-bond acceptors (Lipinski definition) is 8. The molecule has 3 heterocycles. The Labute approximate surface area is 153 Å². The minimum atomic E-state index is -0.581. The molecule has 0 aromatic carbocycles. The molecule has 0 aliphatic rings. The highest BCUT2D eigenvalue weighted by molar-refractivity contribution is 7.08. The molecule has 0 aliphatic carbocycles. The molecule has 1 N–H and O–H groups in total. The van der Waals surface area contributed by atoms with Gasteiger partial charge in [-0.15, -0.1) is 0 Å². The lowest BCUT2D eigenvalue weighted by molar-refractivity contribution is 0.0428. The zero-order valence-corrected chi connectivity index (χ0v) is 15.3. The highest BCUT2D eigenvalue weighted by Crippen LogP contribution is 2.21. The number of carbonyl (C=O) groups is 2. The Morgan fingerprint density at radius 3 is 2.77 bits per heavy atom. The summed E-state index contributed by atoms with van der Waals surface area (Å²) in [5, 5.41) is 7.65. The molecule has 0 amide bonds. The molecule has 26 heavy (non-hydrogen) atoms. The molecule has 0 atom stereocenters. The third-order valence-electron chi connectivity index (χ3n) is 3.70. The number of aromatic nitrogens is 3. The van der Waals surface area contributed by atoms with Gasteiger partial charge < -0.3 is 19.0 Å². The van der Waals surface area contributed by atoms with Crippen LogP contribution in [0.2, 0.25) is 0 Å². The van der Waals surface area contributed by atoms with E-state index >= 15 is 0 Å². The van der Waals surface area contributed by atoms with Crippen LogP contribution in [0.3, 0.4) is 0 Å². The Kier molecular flexibility index (Phi) is 5.17. The van der Waals surface area contributed by atoms with Gasteiger partial charge >= 0.3 is 11.9 Å². The summed E-state index contributed by atoms with van der Waals surface area (Å²) in [6.45, 7) is 5.16. The summed E-state index contributed by atoms with van der Waals surface area (Å²) in [6, 6.07) is 1.87. The van der Waals surface area contributed by atoms with Crippen LogP contribution < -0.4 is 0 Å². The first kappa shape index (κ1) is 17.9. The molecule has 3 aromatic heterocycles. The number of hydrogen-bond donors (Lipinski definition) is 1. The molecule has 0 saturated carbocycles. The molecule has 0 bridgehead atoms. The van der Waals surface area contributed by atoms with Gasteiger partial charge in [0.1, 0.15) is 5.69 Å². The third kappa shape index (κ3) is 3.52. The van der Waals surface area contributed by atoms with E-state index in [-0.39, 0.29) is 24.8 Å². The van der Waals surface area contributed by atoms with Crippen LogP contribution in [0.15, 0.2) is 21.3 Å². The number of nitrogens with zero attached hydrogens (tertiary/aromatic N) is 2. The summed E-state index contributed by atoms with van der Waals surface area (Å²) in [4.78, 5) is 31.4. The van der Waals surface area contributed by atoms with E-state index in [2.05, 4.69) is 15.1 Å². The molecular formula is C17H17N3O5S. The van der Waals surface area contributed by atoms with Gasteiger partial charge in [0.15, 0.2) is 6.61 Å². The van der Waals surface area contributed by atoms with Gasteiger partial charge in [0.05, 0.1) is 12.2 Å². The lowest BCUT2D eigenvalue weighted by atomic mass is 10.1. The summed E-state index contributed by atoms with van der Waals surface area (Å²) in [6.07, 6.45) is 0. The zero-order valence-electron chi connectivity index (χ0n) is 14.5. The van der Waals surface area contributed by atoms with Gasteiger partial charge in [-0.2, -0.15) is 16.3 Å². The third-order valence-corrected chi connectivity index (χ3v) is 4.38. The smallest absolute Gasteiger partial charge is 0.355 e. The van der Waals surface area contributed by atoms with Crippen LogP contribution in [0.25, 0.3) is 11.4 Å². The molecule has 0 spiro atoms. The molecule has 0 radical (unpaired) electrons. The summed E-state index contributed by atoms with van der Waals surface area (Å²) in [7, 11) is 0. The van der Waals surface area contributed by atoms with Gasteiger partial charge in [-0.25, -0.2) is 9.59 Å². The number of esters is 2. The Hall–Kier alpha value is -2.94. The number of H-pyrrole nitrogens is 1. The molecular weight excluding hydrogens is 358 g/mol. The quantitative estimate of drug-likeness (QED) is 0.659. The van der Waals surface area contributed by atoms with Crippen LogP contribution in [0.5, 0.6) is 0 Å². The number of aromatic amines is 1. The van der Waals surface area contributed by atoms with Crippen molar-refractivity contribution in [3.8, 4) is 11.4 Å². The van der Waals surface area contributed by atoms with E-state index in [9.17, 15) is 9.59 Å². The average Bonchev–Trinajstić information content (AvgIpc) is 3.33. The van der Waals surface area contributed by atoms with Gasteiger partial charge in [-0.3, -0.25) is 0 Å². The summed E-state index contributed by atoms with van der Waals surface area (Å²) >= 11 is 1.52. The van der Waals surface area contributed by atoms with Crippen molar-refractivity contribution in [1.29, 1.82) is 0 Å². The Morgan fingerprint density at radius 1 is 1.27 bits per heavy atom. The second-order valence-electron chi connectivity index (χ2n) is 5.45. The predicted molar refractivity (Wildman–Crippen MR) is 93.0 cm³/mol. The van der Waals surface area contributed by atoms with Crippen LogP contribution in [-0.2, 0) is 16.1 Å². The van der Waals surface area contributed by atoms with E-state index in [1.807, 2.05) is 16.8 Å². The van der Waals surface area contributed by atoms with Crippen molar-refractivity contribution in [2.45, 2.75) is 27.4 Å². The second kappa shape index (κ2) is 7.52. The van der Waals surface area contributed by atoms with Crippen molar-refractivity contribution in [2.24, 2.45) is 0 Å². The molecule has 9 heteroatoms. The van der Waals surface area contributed by atoms with E-state index in [0.717, 1.165) is 5.56 Å². The van der Waals surface area contributed by atoms with Gasteiger partial charge in [0.2, 0.25) is 5.82 Å². The summed E-state index contributed by atoms with van der Waals surface area (Å²) in [5.74, 6) is -0.460. The highest BCUT2D eigenvalue weighted by Gasteiger charge is 2.24. The maximum absolute atomic E-state index is 12.4.